The van der Waals surface area contributed by atoms with E-state index in [0.717, 1.165) is 35.1 Å². The number of allylic oxidation sites excluding steroid dienone is 1. The third-order valence-corrected chi connectivity index (χ3v) is 3.93. The molecule has 2 aromatic heterocycles. The fourth-order valence-corrected chi connectivity index (χ4v) is 2.98. The van der Waals surface area contributed by atoms with E-state index in [4.69, 9.17) is 11.6 Å². The number of hydrogen-bond donors (Lipinski definition) is 1. The number of aromatic nitrogens is 3. The molecule has 1 N–H and O–H groups in total. The van der Waals surface area contributed by atoms with Crippen LogP contribution in [0.5, 0.6) is 0 Å². The molecule has 3 nitrogen and oxygen atoms in total. The molecule has 0 saturated heterocycles. The van der Waals surface area contributed by atoms with Gasteiger partial charge in [-0.3, -0.25) is 0 Å². The van der Waals surface area contributed by atoms with Crippen LogP contribution in [-0.2, 0) is 6.42 Å². The van der Waals surface area contributed by atoms with Gasteiger partial charge in [0.25, 0.3) is 0 Å². The molecule has 2 heterocycles. The van der Waals surface area contributed by atoms with Crippen molar-refractivity contribution in [2.24, 2.45) is 0 Å². The molecule has 0 saturated carbocycles. The van der Waals surface area contributed by atoms with Crippen LogP contribution in [0, 0.1) is 0 Å². The van der Waals surface area contributed by atoms with Crippen molar-refractivity contribution >= 4 is 28.2 Å². The summed E-state index contributed by atoms with van der Waals surface area (Å²) >= 11 is 6.10. The summed E-state index contributed by atoms with van der Waals surface area (Å²) in [7, 11) is 0. The van der Waals surface area contributed by atoms with Gasteiger partial charge in [0.15, 0.2) is 0 Å². The Labute approximate surface area is 148 Å². The Morgan fingerprint density at radius 1 is 1.17 bits per heavy atom. The summed E-state index contributed by atoms with van der Waals surface area (Å²) in [6.07, 6.45) is 6.12. The van der Waals surface area contributed by atoms with Gasteiger partial charge in [-0.15, -0.1) is 0 Å². The summed E-state index contributed by atoms with van der Waals surface area (Å²) in [5.41, 5.74) is 5.28. The van der Waals surface area contributed by atoms with Crippen molar-refractivity contribution in [3.8, 4) is 0 Å². The van der Waals surface area contributed by atoms with Crippen LogP contribution >= 0.6 is 11.6 Å². The topological polar surface area (TPSA) is 41.6 Å². The summed E-state index contributed by atoms with van der Waals surface area (Å²) in [4.78, 5) is 11.8. The zero-order chi connectivity index (χ0) is 17.5. The Morgan fingerprint density at radius 3 is 2.62 bits per heavy atom. The average Bonchev–Trinajstić information content (AvgIpc) is 3.07. The van der Waals surface area contributed by atoms with Crippen LogP contribution in [0.1, 0.15) is 50.9 Å². The summed E-state index contributed by atoms with van der Waals surface area (Å²) in [5, 5.41) is 1.25. The third-order valence-electron chi connectivity index (χ3n) is 3.76. The van der Waals surface area contributed by atoms with Gasteiger partial charge in [0.2, 0.25) is 5.28 Å². The van der Waals surface area contributed by atoms with Crippen LogP contribution in [-0.4, -0.2) is 15.0 Å². The van der Waals surface area contributed by atoms with E-state index < -0.39 is 0 Å². The molecule has 0 radical (unpaired) electrons. The maximum absolute atomic E-state index is 6.10. The van der Waals surface area contributed by atoms with E-state index in [0.29, 0.717) is 0 Å². The summed E-state index contributed by atoms with van der Waals surface area (Å²) in [6.45, 7) is 8.23. The average molecular weight is 342 g/mol. The summed E-state index contributed by atoms with van der Waals surface area (Å²) in [6, 6.07) is 10.5. The maximum Gasteiger partial charge on any atom is 0.224 e. The van der Waals surface area contributed by atoms with E-state index in [1.807, 2.05) is 33.0 Å². The lowest BCUT2D eigenvalue weighted by molar-refractivity contribution is 0.918. The third kappa shape index (κ3) is 3.68. The molecule has 24 heavy (non-hydrogen) atoms. The zero-order valence-electron chi connectivity index (χ0n) is 14.7. The summed E-state index contributed by atoms with van der Waals surface area (Å²) in [5.74, 6) is 0. The van der Waals surface area contributed by atoms with Gasteiger partial charge >= 0.3 is 0 Å². The molecule has 0 aliphatic carbocycles. The largest absolute Gasteiger partial charge is 0.346 e. The fraction of sp³-hybridized carbons (Fsp3) is 0.300. The second-order valence-corrected chi connectivity index (χ2v) is 5.53. The van der Waals surface area contributed by atoms with Crippen molar-refractivity contribution in [2.75, 3.05) is 0 Å². The fourth-order valence-electron chi connectivity index (χ4n) is 2.81. The highest BCUT2D eigenvalue weighted by Crippen LogP contribution is 2.30. The van der Waals surface area contributed by atoms with E-state index in [1.54, 1.807) is 0 Å². The van der Waals surface area contributed by atoms with Crippen LogP contribution in [0.2, 0.25) is 5.28 Å². The molecule has 4 heteroatoms. The molecule has 0 atom stereocenters. The minimum absolute atomic E-state index is 0.261. The Kier molecular flexibility index (Phi) is 6.56. The Morgan fingerprint density at radius 2 is 1.92 bits per heavy atom. The zero-order valence-corrected chi connectivity index (χ0v) is 15.5. The van der Waals surface area contributed by atoms with Crippen molar-refractivity contribution in [1.82, 2.24) is 15.0 Å². The molecule has 0 aliphatic rings. The van der Waals surface area contributed by atoms with Gasteiger partial charge in [0.1, 0.15) is 5.65 Å². The Hall–Kier alpha value is -2.13. The number of aryl methyl sites for hydroxylation is 1. The van der Waals surface area contributed by atoms with E-state index in [9.17, 15) is 0 Å². The van der Waals surface area contributed by atoms with Gasteiger partial charge in [-0.05, 0) is 42.1 Å². The molecule has 0 aliphatic heterocycles. The molecule has 0 unspecified atom stereocenters. The van der Waals surface area contributed by atoms with Crippen molar-refractivity contribution in [2.45, 2.75) is 40.5 Å². The van der Waals surface area contributed by atoms with E-state index in [-0.39, 0.29) is 5.28 Å². The van der Waals surface area contributed by atoms with Gasteiger partial charge < -0.3 is 4.98 Å². The number of halogens is 1. The predicted octanol–water partition coefficient (Wildman–Crippen LogP) is 6.04. The molecule has 1 aromatic carbocycles. The molecule has 3 rings (SSSR count). The first-order valence-corrected chi connectivity index (χ1v) is 8.88. The van der Waals surface area contributed by atoms with Gasteiger partial charge in [-0.2, -0.15) is 4.98 Å². The molecule has 0 bridgehead atoms. The van der Waals surface area contributed by atoms with E-state index in [1.165, 1.54) is 11.1 Å². The van der Waals surface area contributed by atoms with Gasteiger partial charge in [0, 0.05) is 17.2 Å². The monoisotopic (exact) mass is 341 g/mol. The maximum atomic E-state index is 6.10. The van der Waals surface area contributed by atoms with Gasteiger partial charge in [-0.25, -0.2) is 4.98 Å². The van der Waals surface area contributed by atoms with Crippen LogP contribution < -0.4 is 0 Å². The standard InChI is InChI=1S/C18H18ClN3.C2H6/c1-3-7-12-8-5-6-9-14(12)13(4-2)16-15-10-11-20-17(15)22-18(19)21-16;1-2/h4-6,8-11H,3,7H2,1-2H3,(H,20,21,22);1-2H3/b13-4+;. The first kappa shape index (κ1) is 18.2. The second-order valence-electron chi connectivity index (χ2n) is 5.19. The number of rotatable bonds is 4. The van der Waals surface area contributed by atoms with E-state index >= 15 is 0 Å². The van der Waals surface area contributed by atoms with Crippen LogP contribution in [0.25, 0.3) is 16.6 Å². The Balaban J connectivity index is 0.00000100. The highest BCUT2D eigenvalue weighted by molar-refractivity contribution is 6.28. The number of nitrogens with one attached hydrogen (secondary N) is 1. The SMILES string of the molecule is C/C=C(\c1ccccc1CCC)c1nc(Cl)nc2[nH]ccc12.CC. The lowest BCUT2D eigenvalue weighted by Gasteiger charge is -2.13. The van der Waals surface area contributed by atoms with Crippen LogP contribution in [0.15, 0.2) is 42.6 Å². The molecule has 126 valence electrons. The molecule has 0 spiro atoms. The number of aromatic amines is 1. The van der Waals surface area contributed by atoms with Crippen molar-refractivity contribution in [3.05, 3.63) is 64.7 Å². The van der Waals surface area contributed by atoms with Gasteiger partial charge in [-0.1, -0.05) is 57.5 Å². The first-order valence-electron chi connectivity index (χ1n) is 8.50. The first-order chi connectivity index (χ1) is 11.7. The molecule has 0 fully saturated rings. The van der Waals surface area contributed by atoms with Crippen LogP contribution in [0.4, 0.5) is 0 Å². The van der Waals surface area contributed by atoms with Crippen molar-refractivity contribution < 1.29 is 0 Å². The number of nitrogens with zero attached hydrogens (tertiary/aromatic N) is 2. The molecular formula is C20H24ClN3. The minimum atomic E-state index is 0.261. The quantitative estimate of drug-likeness (QED) is 0.587. The number of H-pyrrole nitrogens is 1. The predicted molar refractivity (Wildman–Crippen MR) is 103 cm³/mol. The number of hydrogen-bond acceptors (Lipinski definition) is 2. The van der Waals surface area contributed by atoms with Crippen molar-refractivity contribution in [3.63, 3.8) is 0 Å². The lowest BCUT2D eigenvalue weighted by atomic mass is 9.93. The van der Waals surface area contributed by atoms with Crippen LogP contribution in [0.3, 0.4) is 0 Å². The lowest BCUT2D eigenvalue weighted by Crippen LogP contribution is -1.99. The minimum Gasteiger partial charge on any atom is -0.346 e. The molecule has 0 amide bonds. The molecule has 3 aromatic rings. The van der Waals surface area contributed by atoms with Crippen molar-refractivity contribution in [1.29, 1.82) is 0 Å². The Bertz CT molecular complexity index is 834. The molecular weight excluding hydrogens is 318 g/mol. The van der Waals surface area contributed by atoms with Gasteiger partial charge in [0.05, 0.1) is 5.69 Å². The normalized spacial score (nSPS) is 11.3. The number of benzene rings is 1. The smallest absolute Gasteiger partial charge is 0.224 e. The van der Waals surface area contributed by atoms with E-state index in [2.05, 4.69) is 52.2 Å². The summed E-state index contributed by atoms with van der Waals surface area (Å²) < 4.78 is 0. The number of fused-ring (bicyclic) bond motifs is 1. The second kappa shape index (κ2) is 8.65. The highest BCUT2D eigenvalue weighted by Gasteiger charge is 2.15. The highest BCUT2D eigenvalue weighted by atomic mass is 35.5.